The second-order valence-electron chi connectivity index (χ2n) is 5.18. The van der Waals surface area contributed by atoms with Crippen molar-refractivity contribution in [3.8, 4) is 0 Å². The van der Waals surface area contributed by atoms with Gasteiger partial charge in [-0.1, -0.05) is 0 Å². The zero-order valence-electron chi connectivity index (χ0n) is 13.3. The van der Waals surface area contributed by atoms with Gasteiger partial charge in [-0.3, -0.25) is 14.3 Å². The number of nitrogens with two attached hydrogens (primary N) is 1. The van der Waals surface area contributed by atoms with Gasteiger partial charge in [0.05, 0.1) is 0 Å². The molecular formula is C13H7F11N2O3. The Morgan fingerprint density at radius 3 is 1.59 bits per heavy atom. The first-order valence-corrected chi connectivity index (χ1v) is 6.76. The Morgan fingerprint density at radius 2 is 1.24 bits per heavy atom. The van der Waals surface area contributed by atoms with E-state index < -0.39 is 47.7 Å². The van der Waals surface area contributed by atoms with Crippen molar-refractivity contribution in [2.75, 3.05) is 5.32 Å². The van der Waals surface area contributed by atoms with Gasteiger partial charge < -0.3 is 11.1 Å². The number of nitrogens with one attached hydrogen (secondary N) is 1. The summed E-state index contributed by atoms with van der Waals surface area (Å²) in [6.45, 7) is 0. The molecule has 0 heterocycles. The Kier molecular flexibility index (Phi) is 6.15. The van der Waals surface area contributed by atoms with Crippen molar-refractivity contribution in [2.24, 2.45) is 5.73 Å². The lowest BCUT2D eigenvalue weighted by Gasteiger charge is -2.34. The monoisotopic (exact) mass is 448 g/mol. The molecule has 5 nitrogen and oxygen atoms in total. The molecular weight excluding hydrogens is 441 g/mol. The average Bonchev–Trinajstić information content (AvgIpc) is 2.52. The normalized spacial score (nSPS) is 15.6. The van der Waals surface area contributed by atoms with E-state index in [9.17, 15) is 57.9 Å². The van der Waals surface area contributed by atoms with Gasteiger partial charge >= 0.3 is 30.2 Å². The van der Waals surface area contributed by atoms with Crippen LogP contribution in [0.1, 0.15) is 10.4 Å². The molecule has 0 radical (unpaired) electrons. The first-order valence-electron chi connectivity index (χ1n) is 6.76. The second kappa shape index (κ2) is 7.31. The van der Waals surface area contributed by atoms with E-state index in [-0.39, 0.29) is 5.56 Å². The summed E-state index contributed by atoms with van der Waals surface area (Å²) in [4.78, 5) is 22.3. The predicted molar refractivity (Wildman–Crippen MR) is 70.5 cm³/mol. The SMILES string of the molecule is NC(=O)c1ccc(NC(=O)[C@@](F)(OC(F)(F)C(F)(F)C(F)(F)F)C(F)(F)F)cc1. The van der Waals surface area contributed by atoms with Crippen molar-refractivity contribution in [1.29, 1.82) is 0 Å². The minimum absolute atomic E-state index is 0.266. The van der Waals surface area contributed by atoms with E-state index in [2.05, 4.69) is 4.74 Å². The van der Waals surface area contributed by atoms with Gasteiger partial charge in [-0.05, 0) is 24.3 Å². The highest BCUT2D eigenvalue weighted by Gasteiger charge is 2.79. The molecule has 0 aromatic heterocycles. The highest BCUT2D eigenvalue weighted by Crippen LogP contribution is 2.51. The quantitative estimate of drug-likeness (QED) is 0.651. The van der Waals surface area contributed by atoms with Crippen LogP contribution in [0.3, 0.4) is 0 Å². The molecule has 0 aliphatic heterocycles. The van der Waals surface area contributed by atoms with Crippen LogP contribution >= 0.6 is 0 Å². The van der Waals surface area contributed by atoms with E-state index in [0.717, 1.165) is 17.4 Å². The zero-order chi connectivity index (χ0) is 23.1. The minimum atomic E-state index is -7.29. The molecule has 1 atom stereocenters. The van der Waals surface area contributed by atoms with Crippen molar-refractivity contribution in [3.05, 3.63) is 29.8 Å². The van der Waals surface area contributed by atoms with E-state index in [1.54, 1.807) is 0 Å². The van der Waals surface area contributed by atoms with Crippen molar-refractivity contribution in [2.45, 2.75) is 30.2 Å². The molecule has 0 bridgehead atoms. The summed E-state index contributed by atoms with van der Waals surface area (Å²) >= 11 is 0. The molecule has 1 aromatic carbocycles. The van der Waals surface area contributed by atoms with Gasteiger partial charge in [-0.2, -0.15) is 48.3 Å². The fourth-order valence-corrected chi connectivity index (χ4v) is 1.57. The maximum Gasteiger partial charge on any atom is 0.462 e. The summed E-state index contributed by atoms with van der Waals surface area (Å²) in [6, 6.07) is 2.80. The molecule has 0 fully saturated rings. The number of hydrogen-bond acceptors (Lipinski definition) is 3. The Labute approximate surface area is 152 Å². The summed E-state index contributed by atoms with van der Waals surface area (Å²) in [6.07, 6.45) is -21.1. The molecule has 1 rings (SSSR count). The molecule has 0 aliphatic carbocycles. The molecule has 0 saturated heterocycles. The predicted octanol–water partition coefficient (Wildman–Crippen LogP) is 3.76. The number of benzene rings is 1. The third-order valence-electron chi connectivity index (χ3n) is 3.07. The zero-order valence-corrected chi connectivity index (χ0v) is 13.3. The van der Waals surface area contributed by atoms with Gasteiger partial charge in [-0.25, -0.2) is 0 Å². The van der Waals surface area contributed by atoms with Crippen LogP contribution in [-0.2, 0) is 9.53 Å². The fraction of sp³-hybridized carbons (Fsp3) is 0.385. The largest absolute Gasteiger partial charge is 0.462 e. The maximum absolute atomic E-state index is 14.0. The fourth-order valence-electron chi connectivity index (χ4n) is 1.57. The summed E-state index contributed by atoms with van der Waals surface area (Å²) in [5, 5.41) is 0.997. The first kappa shape index (κ1) is 24.4. The third-order valence-corrected chi connectivity index (χ3v) is 3.07. The van der Waals surface area contributed by atoms with E-state index in [0.29, 0.717) is 12.1 Å². The molecule has 0 saturated carbocycles. The van der Waals surface area contributed by atoms with Crippen molar-refractivity contribution < 1.29 is 62.6 Å². The van der Waals surface area contributed by atoms with E-state index >= 15 is 0 Å². The number of alkyl halides is 11. The highest BCUT2D eigenvalue weighted by molar-refractivity contribution is 5.98. The lowest BCUT2D eigenvalue weighted by Crippen LogP contribution is -2.62. The van der Waals surface area contributed by atoms with Crippen LogP contribution in [0.4, 0.5) is 54.0 Å². The number of halogens is 11. The van der Waals surface area contributed by atoms with Crippen LogP contribution in [-0.4, -0.2) is 42.1 Å². The Hall–Kier alpha value is -2.65. The third kappa shape index (κ3) is 4.68. The highest BCUT2D eigenvalue weighted by atomic mass is 19.4. The van der Waals surface area contributed by atoms with Gasteiger partial charge in [0.2, 0.25) is 5.91 Å². The molecule has 164 valence electrons. The number of carbonyl (C=O) groups is 2. The first-order chi connectivity index (χ1) is 12.8. The van der Waals surface area contributed by atoms with Crippen LogP contribution in [0.15, 0.2) is 24.3 Å². The Bertz CT molecular complexity index is 774. The standard InChI is InChI=1S/C13H7F11N2O3/c14-9(11(17,18)19,29-13(23,24)10(15,16)12(20,21)22)8(28)26-6-3-1-5(2-4-6)7(25)27/h1-4H,(H2,25,27)(H,26,28)/t9-/m1/s1. The van der Waals surface area contributed by atoms with Crippen molar-refractivity contribution >= 4 is 17.5 Å². The van der Waals surface area contributed by atoms with Gasteiger partial charge in [0.1, 0.15) is 0 Å². The number of rotatable bonds is 6. The Morgan fingerprint density at radius 1 is 0.793 bits per heavy atom. The van der Waals surface area contributed by atoms with E-state index in [1.165, 1.54) is 0 Å². The number of ether oxygens (including phenoxy) is 1. The molecule has 1 aromatic rings. The van der Waals surface area contributed by atoms with Crippen LogP contribution in [0.25, 0.3) is 0 Å². The van der Waals surface area contributed by atoms with Crippen molar-refractivity contribution in [1.82, 2.24) is 0 Å². The topological polar surface area (TPSA) is 81.4 Å². The number of primary amides is 1. The summed E-state index contributed by atoms with van der Waals surface area (Å²) in [5.41, 5.74) is 3.76. The number of hydrogen-bond donors (Lipinski definition) is 2. The lowest BCUT2D eigenvalue weighted by atomic mass is 10.2. The maximum atomic E-state index is 14.0. The van der Waals surface area contributed by atoms with Gasteiger partial charge in [0.15, 0.2) is 0 Å². The number of amides is 2. The molecule has 2 amide bonds. The molecule has 0 aliphatic rings. The molecule has 0 unspecified atom stereocenters. The molecule has 29 heavy (non-hydrogen) atoms. The van der Waals surface area contributed by atoms with Gasteiger partial charge in [0, 0.05) is 11.3 Å². The Balaban J connectivity index is 3.27. The summed E-state index contributed by atoms with van der Waals surface area (Å²) in [7, 11) is 0. The van der Waals surface area contributed by atoms with Crippen LogP contribution in [0, 0.1) is 0 Å². The van der Waals surface area contributed by atoms with Crippen LogP contribution < -0.4 is 11.1 Å². The lowest BCUT2D eigenvalue weighted by molar-refractivity contribution is -0.472. The van der Waals surface area contributed by atoms with Crippen molar-refractivity contribution in [3.63, 3.8) is 0 Å². The molecule has 0 spiro atoms. The number of carbonyl (C=O) groups excluding carboxylic acids is 2. The van der Waals surface area contributed by atoms with Crippen LogP contribution in [0.5, 0.6) is 0 Å². The summed E-state index contributed by atoms with van der Waals surface area (Å²) in [5.74, 6) is -17.9. The van der Waals surface area contributed by atoms with Crippen LogP contribution in [0.2, 0.25) is 0 Å². The molecule has 3 N–H and O–H groups in total. The number of anilines is 1. The van der Waals surface area contributed by atoms with E-state index in [1.807, 2.05) is 0 Å². The second-order valence-corrected chi connectivity index (χ2v) is 5.18. The molecule has 16 heteroatoms. The van der Waals surface area contributed by atoms with Gasteiger partial charge in [-0.15, -0.1) is 0 Å². The van der Waals surface area contributed by atoms with E-state index in [4.69, 9.17) is 5.73 Å². The average molecular weight is 448 g/mol. The summed E-state index contributed by atoms with van der Waals surface area (Å²) < 4.78 is 142. The van der Waals surface area contributed by atoms with Gasteiger partial charge in [0.25, 0.3) is 5.91 Å². The smallest absolute Gasteiger partial charge is 0.366 e. The minimum Gasteiger partial charge on any atom is -0.366 e.